The molecule has 118 valence electrons. The summed E-state index contributed by atoms with van der Waals surface area (Å²) in [5.41, 5.74) is 1.50. The first-order valence-electron chi connectivity index (χ1n) is 6.66. The van der Waals surface area contributed by atoms with E-state index in [2.05, 4.69) is 0 Å². The highest BCUT2D eigenvalue weighted by atomic mass is 35.5. The summed E-state index contributed by atoms with van der Waals surface area (Å²) in [6.45, 7) is 1.63. The molecular formula is C16H16ClFO3S. The summed E-state index contributed by atoms with van der Waals surface area (Å²) in [4.78, 5) is 0. The van der Waals surface area contributed by atoms with Gasteiger partial charge in [-0.3, -0.25) is 0 Å². The maximum absolute atomic E-state index is 13.1. The number of rotatable bonds is 5. The highest BCUT2D eigenvalue weighted by Gasteiger charge is 2.21. The number of aliphatic hydroxyl groups excluding tert-OH is 1. The summed E-state index contributed by atoms with van der Waals surface area (Å²) in [7, 11) is -3.53. The molecule has 0 aliphatic carbocycles. The molecule has 2 rings (SSSR count). The van der Waals surface area contributed by atoms with Crippen LogP contribution in [0.5, 0.6) is 0 Å². The second-order valence-electron chi connectivity index (χ2n) is 5.20. The third-order valence-electron chi connectivity index (χ3n) is 3.28. The van der Waals surface area contributed by atoms with Crippen LogP contribution < -0.4 is 0 Å². The number of halogens is 2. The van der Waals surface area contributed by atoms with E-state index in [0.29, 0.717) is 21.7 Å². The second-order valence-corrected chi connectivity index (χ2v) is 7.75. The van der Waals surface area contributed by atoms with Gasteiger partial charge in [-0.1, -0.05) is 29.8 Å². The molecule has 1 unspecified atom stereocenters. The highest BCUT2D eigenvalue weighted by Crippen LogP contribution is 2.22. The van der Waals surface area contributed by atoms with E-state index in [4.69, 9.17) is 11.6 Å². The Hall–Kier alpha value is -1.43. The molecule has 0 amide bonds. The van der Waals surface area contributed by atoms with Crippen LogP contribution in [0.25, 0.3) is 0 Å². The smallest absolute Gasteiger partial charge is 0.157 e. The summed E-state index contributed by atoms with van der Waals surface area (Å²) >= 11 is 5.83. The van der Waals surface area contributed by atoms with Gasteiger partial charge in [0.2, 0.25) is 0 Å². The third kappa shape index (κ3) is 4.53. The molecule has 2 aromatic carbocycles. The highest BCUT2D eigenvalue weighted by molar-refractivity contribution is 7.90. The Morgan fingerprint density at radius 2 is 1.95 bits per heavy atom. The van der Waals surface area contributed by atoms with Crippen LogP contribution in [-0.2, 0) is 15.6 Å². The third-order valence-corrected chi connectivity index (χ3v) is 5.11. The van der Waals surface area contributed by atoms with Crippen LogP contribution in [0, 0.1) is 12.7 Å². The monoisotopic (exact) mass is 342 g/mol. The lowest BCUT2D eigenvalue weighted by Gasteiger charge is -2.14. The molecule has 0 aliphatic heterocycles. The van der Waals surface area contributed by atoms with E-state index in [1.54, 1.807) is 31.2 Å². The number of aliphatic hydroxyl groups is 1. The average Bonchev–Trinajstić information content (AvgIpc) is 2.36. The summed E-state index contributed by atoms with van der Waals surface area (Å²) < 4.78 is 37.5. The van der Waals surface area contributed by atoms with Gasteiger partial charge in [0.1, 0.15) is 5.82 Å². The van der Waals surface area contributed by atoms with Crippen molar-refractivity contribution in [1.82, 2.24) is 0 Å². The number of sulfone groups is 1. The molecule has 22 heavy (non-hydrogen) atoms. The Morgan fingerprint density at radius 3 is 2.59 bits per heavy atom. The molecule has 0 bridgehead atoms. The fraction of sp³-hybridized carbons (Fsp3) is 0.250. The zero-order valence-corrected chi connectivity index (χ0v) is 13.5. The standard InChI is InChI=1S/C16H16ClFO3S/c1-11-7-14(18)5-6-15(11)16(19)10-22(20,21)9-12-3-2-4-13(17)8-12/h2-8,16,19H,9-10H2,1H3. The van der Waals surface area contributed by atoms with E-state index in [9.17, 15) is 17.9 Å². The van der Waals surface area contributed by atoms with Crippen LogP contribution in [0.15, 0.2) is 42.5 Å². The van der Waals surface area contributed by atoms with E-state index < -0.39 is 27.5 Å². The maximum atomic E-state index is 13.1. The minimum Gasteiger partial charge on any atom is -0.387 e. The molecule has 0 heterocycles. The van der Waals surface area contributed by atoms with Gasteiger partial charge in [0.15, 0.2) is 9.84 Å². The summed E-state index contributed by atoms with van der Waals surface area (Å²) in [6.07, 6.45) is -1.19. The van der Waals surface area contributed by atoms with Crippen molar-refractivity contribution in [1.29, 1.82) is 0 Å². The van der Waals surface area contributed by atoms with E-state index in [0.717, 1.165) is 0 Å². The van der Waals surface area contributed by atoms with Gasteiger partial charge in [0, 0.05) is 5.02 Å². The largest absolute Gasteiger partial charge is 0.387 e. The van der Waals surface area contributed by atoms with Crippen LogP contribution in [0.3, 0.4) is 0 Å². The van der Waals surface area contributed by atoms with Gasteiger partial charge in [0.05, 0.1) is 17.6 Å². The quantitative estimate of drug-likeness (QED) is 0.905. The molecule has 6 heteroatoms. The Bertz CT molecular complexity index is 775. The minimum absolute atomic E-state index is 0.204. The van der Waals surface area contributed by atoms with Crippen molar-refractivity contribution in [2.24, 2.45) is 0 Å². The normalized spacial score (nSPS) is 13.1. The number of hydrogen-bond donors (Lipinski definition) is 1. The lowest BCUT2D eigenvalue weighted by atomic mass is 10.0. The molecule has 0 saturated heterocycles. The lowest BCUT2D eigenvalue weighted by Crippen LogP contribution is -2.17. The van der Waals surface area contributed by atoms with Gasteiger partial charge >= 0.3 is 0 Å². The van der Waals surface area contributed by atoms with Crippen LogP contribution in [-0.4, -0.2) is 19.3 Å². The SMILES string of the molecule is Cc1cc(F)ccc1C(O)CS(=O)(=O)Cc1cccc(Cl)c1. The second kappa shape index (κ2) is 6.77. The van der Waals surface area contributed by atoms with Crippen LogP contribution >= 0.6 is 11.6 Å². The first kappa shape index (κ1) is 16.9. The Balaban J connectivity index is 2.14. The molecule has 1 atom stereocenters. The maximum Gasteiger partial charge on any atom is 0.157 e. The summed E-state index contributed by atoms with van der Waals surface area (Å²) in [5, 5.41) is 10.6. The Labute approximate surface area is 134 Å². The van der Waals surface area contributed by atoms with Gasteiger partial charge in [-0.2, -0.15) is 0 Å². The predicted octanol–water partition coefficient (Wildman–Crippen LogP) is 3.44. The number of hydrogen-bond acceptors (Lipinski definition) is 3. The van der Waals surface area contributed by atoms with Crippen molar-refractivity contribution in [3.63, 3.8) is 0 Å². The van der Waals surface area contributed by atoms with E-state index in [-0.39, 0.29) is 5.75 Å². The molecule has 0 aromatic heterocycles. The van der Waals surface area contributed by atoms with Crippen molar-refractivity contribution >= 4 is 21.4 Å². The number of benzene rings is 2. The predicted molar refractivity (Wildman–Crippen MR) is 85.0 cm³/mol. The molecule has 0 radical (unpaired) electrons. The fourth-order valence-corrected chi connectivity index (χ4v) is 3.96. The zero-order chi connectivity index (χ0) is 16.3. The van der Waals surface area contributed by atoms with Crippen molar-refractivity contribution in [3.8, 4) is 0 Å². The Kier molecular flexibility index (Phi) is 5.21. The van der Waals surface area contributed by atoms with Gasteiger partial charge in [0.25, 0.3) is 0 Å². The molecule has 0 spiro atoms. The molecule has 0 fully saturated rings. The van der Waals surface area contributed by atoms with Crippen LogP contribution in [0.1, 0.15) is 22.8 Å². The van der Waals surface area contributed by atoms with Crippen molar-refractivity contribution in [2.75, 3.05) is 5.75 Å². The van der Waals surface area contributed by atoms with Crippen molar-refractivity contribution < 1.29 is 17.9 Å². The molecule has 3 nitrogen and oxygen atoms in total. The first-order valence-corrected chi connectivity index (χ1v) is 8.86. The van der Waals surface area contributed by atoms with Gasteiger partial charge in [-0.25, -0.2) is 12.8 Å². The molecule has 0 aliphatic rings. The van der Waals surface area contributed by atoms with Crippen molar-refractivity contribution in [3.05, 3.63) is 70.0 Å². The summed E-state index contributed by atoms with van der Waals surface area (Å²) in [6, 6.07) is 10.5. The van der Waals surface area contributed by atoms with Gasteiger partial charge < -0.3 is 5.11 Å². The summed E-state index contributed by atoms with van der Waals surface area (Å²) in [5.74, 6) is -1.05. The fourth-order valence-electron chi connectivity index (χ4n) is 2.28. The van der Waals surface area contributed by atoms with Crippen LogP contribution in [0.4, 0.5) is 4.39 Å². The van der Waals surface area contributed by atoms with Crippen molar-refractivity contribution in [2.45, 2.75) is 18.8 Å². The number of aryl methyl sites for hydroxylation is 1. The van der Waals surface area contributed by atoms with E-state index in [1.807, 2.05) is 0 Å². The molecular weight excluding hydrogens is 327 g/mol. The van der Waals surface area contributed by atoms with Gasteiger partial charge in [-0.05, 0) is 47.9 Å². The topological polar surface area (TPSA) is 54.4 Å². The molecule has 1 N–H and O–H groups in total. The van der Waals surface area contributed by atoms with E-state index in [1.165, 1.54) is 18.2 Å². The average molecular weight is 343 g/mol. The van der Waals surface area contributed by atoms with Crippen LogP contribution in [0.2, 0.25) is 5.02 Å². The zero-order valence-electron chi connectivity index (χ0n) is 12.0. The molecule has 2 aromatic rings. The minimum atomic E-state index is -3.53. The van der Waals surface area contributed by atoms with Gasteiger partial charge in [-0.15, -0.1) is 0 Å². The lowest BCUT2D eigenvalue weighted by molar-refractivity contribution is 0.201. The molecule has 0 saturated carbocycles. The Morgan fingerprint density at radius 1 is 1.23 bits per heavy atom. The van der Waals surface area contributed by atoms with E-state index >= 15 is 0 Å². The first-order chi connectivity index (χ1) is 10.3.